The number of aliphatic carboxylic acids is 1. The summed E-state index contributed by atoms with van der Waals surface area (Å²) < 4.78 is 33.7. The highest BCUT2D eigenvalue weighted by Gasteiger charge is 2.45. The standard InChI is InChI=1S/C31H38N4O6S/c1-5-30(16-8-17-30)23-14-12-22(13-15-23)19-31(32,42(39,40)24-9-7-18-33-20-24)25-10-6-11-26(34-25)35(21-27(36)37)28(38)41-29(2,3)4/h6-7,9-15,18,20H,5,8,16-17,19,21,32H2,1-4H3,(H,36,37). The number of nitrogens with zero attached hydrogens (tertiary/aromatic N) is 3. The maximum Gasteiger partial charge on any atom is 0.416 e. The molecule has 3 aromatic rings. The minimum Gasteiger partial charge on any atom is -0.480 e. The Morgan fingerprint density at radius 1 is 1.07 bits per heavy atom. The van der Waals surface area contributed by atoms with Crippen LogP contribution in [0.1, 0.15) is 70.2 Å². The molecule has 42 heavy (non-hydrogen) atoms. The monoisotopic (exact) mass is 594 g/mol. The van der Waals surface area contributed by atoms with Crippen molar-refractivity contribution >= 4 is 27.7 Å². The summed E-state index contributed by atoms with van der Waals surface area (Å²) in [4.78, 5) is 31.7. The summed E-state index contributed by atoms with van der Waals surface area (Å²) in [7, 11) is -4.30. The van der Waals surface area contributed by atoms with Crippen LogP contribution in [0.3, 0.4) is 0 Å². The van der Waals surface area contributed by atoms with Crippen LogP contribution in [0.15, 0.2) is 71.9 Å². The largest absolute Gasteiger partial charge is 0.480 e. The van der Waals surface area contributed by atoms with Crippen molar-refractivity contribution in [1.29, 1.82) is 0 Å². The SMILES string of the molecule is CCC1(c2ccc(CC(N)(c3cccc(N(CC(=O)O)C(=O)OC(C)(C)C)n3)S(=O)(=O)c3cccnc3)cc2)CCC1. The number of ether oxygens (including phenoxy) is 1. The number of amides is 1. The molecule has 1 fully saturated rings. The number of hydrogen-bond donors (Lipinski definition) is 2. The van der Waals surface area contributed by atoms with Crippen LogP contribution in [-0.4, -0.2) is 47.7 Å². The average molecular weight is 595 g/mol. The molecule has 0 radical (unpaired) electrons. The summed E-state index contributed by atoms with van der Waals surface area (Å²) in [5, 5.41) is 9.51. The molecular weight excluding hydrogens is 556 g/mol. The van der Waals surface area contributed by atoms with Gasteiger partial charge in [0.05, 0.1) is 10.6 Å². The maximum atomic E-state index is 14.2. The summed E-state index contributed by atoms with van der Waals surface area (Å²) >= 11 is 0. The molecule has 0 saturated heterocycles. The van der Waals surface area contributed by atoms with E-state index in [9.17, 15) is 23.1 Å². The van der Waals surface area contributed by atoms with E-state index in [0.29, 0.717) is 5.56 Å². The van der Waals surface area contributed by atoms with Gasteiger partial charge < -0.3 is 15.6 Å². The number of carboxylic acid groups (broad SMARTS) is 1. The minimum absolute atomic E-state index is 0.0594. The number of carbonyl (C=O) groups is 2. The lowest BCUT2D eigenvalue weighted by Gasteiger charge is -2.42. The van der Waals surface area contributed by atoms with Crippen LogP contribution < -0.4 is 10.6 Å². The number of hydrogen-bond acceptors (Lipinski definition) is 8. The number of carbonyl (C=O) groups excluding carboxylic acids is 1. The molecule has 1 atom stereocenters. The minimum atomic E-state index is -4.30. The summed E-state index contributed by atoms with van der Waals surface area (Å²) in [6, 6.07) is 15.1. The van der Waals surface area contributed by atoms with Gasteiger partial charge in [0.2, 0.25) is 9.84 Å². The van der Waals surface area contributed by atoms with Gasteiger partial charge in [0, 0.05) is 18.8 Å². The molecule has 1 saturated carbocycles. The van der Waals surface area contributed by atoms with Crippen LogP contribution in [0.2, 0.25) is 0 Å². The number of carboxylic acids is 1. The Kier molecular flexibility index (Phi) is 8.75. The summed E-state index contributed by atoms with van der Waals surface area (Å²) in [5.41, 5.74) is 7.96. The van der Waals surface area contributed by atoms with Crippen molar-refractivity contribution in [2.24, 2.45) is 5.73 Å². The topological polar surface area (TPSA) is 153 Å². The van der Waals surface area contributed by atoms with Crippen LogP contribution in [0, 0.1) is 0 Å². The Hall–Kier alpha value is -3.83. The number of aromatic nitrogens is 2. The van der Waals surface area contributed by atoms with E-state index < -0.39 is 38.9 Å². The van der Waals surface area contributed by atoms with Crippen molar-refractivity contribution in [1.82, 2.24) is 9.97 Å². The van der Waals surface area contributed by atoms with Crippen LogP contribution in [0.4, 0.5) is 10.6 Å². The predicted octanol–water partition coefficient (Wildman–Crippen LogP) is 4.96. The van der Waals surface area contributed by atoms with Crippen molar-refractivity contribution in [3.05, 3.63) is 83.8 Å². The van der Waals surface area contributed by atoms with Gasteiger partial charge >= 0.3 is 12.1 Å². The fourth-order valence-electron chi connectivity index (χ4n) is 5.27. The smallest absolute Gasteiger partial charge is 0.416 e. The molecule has 1 aliphatic carbocycles. The van der Waals surface area contributed by atoms with E-state index >= 15 is 0 Å². The van der Waals surface area contributed by atoms with Gasteiger partial charge in [-0.1, -0.05) is 43.7 Å². The molecule has 4 rings (SSSR count). The zero-order valence-electron chi connectivity index (χ0n) is 24.4. The first-order valence-corrected chi connectivity index (χ1v) is 15.4. The zero-order valence-corrected chi connectivity index (χ0v) is 25.2. The Morgan fingerprint density at radius 2 is 1.76 bits per heavy atom. The molecule has 1 aliphatic rings. The first-order valence-electron chi connectivity index (χ1n) is 13.9. The Morgan fingerprint density at radius 3 is 2.29 bits per heavy atom. The highest BCUT2D eigenvalue weighted by Crippen LogP contribution is 2.46. The van der Waals surface area contributed by atoms with E-state index in [1.807, 2.05) is 24.3 Å². The normalized spacial score (nSPS) is 16.1. The highest BCUT2D eigenvalue weighted by molar-refractivity contribution is 7.92. The molecule has 10 nitrogen and oxygen atoms in total. The Bertz CT molecular complexity index is 1530. The summed E-state index contributed by atoms with van der Waals surface area (Å²) in [5.74, 6) is -1.41. The van der Waals surface area contributed by atoms with Crippen LogP contribution in [-0.2, 0) is 36.1 Å². The molecule has 2 aromatic heterocycles. The second-order valence-corrected chi connectivity index (χ2v) is 14.0. The van der Waals surface area contributed by atoms with Crippen LogP contribution >= 0.6 is 0 Å². The number of benzene rings is 1. The maximum absolute atomic E-state index is 14.2. The molecular formula is C31H38N4O6S. The second-order valence-electron chi connectivity index (χ2n) is 11.8. The van der Waals surface area contributed by atoms with Crippen molar-refractivity contribution in [3.8, 4) is 0 Å². The van der Waals surface area contributed by atoms with E-state index in [-0.39, 0.29) is 28.2 Å². The lowest BCUT2D eigenvalue weighted by molar-refractivity contribution is -0.135. The summed E-state index contributed by atoms with van der Waals surface area (Å²) in [6.07, 6.45) is 6.08. The zero-order chi connectivity index (χ0) is 30.8. The third kappa shape index (κ3) is 6.32. The van der Waals surface area contributed by atoms with Crippen molar-refractivity contribution in [3.63, 3.8) is 0 Å². The molecule has 1 aromatic carbocycles. The second kappa shape index (κ2) is 11.8. The van der Waals surface area contributed by atoms with E-state index in [1.165, 1.54) is 54.7 Å². The fourth-order valence-corrected chi connectivity index (χ4v) is 6.89. The van der Waals surface area contributed by atoms with Crippen molar-refractivity contribution in [2.45, 2.75) is 80.6 Å². The van der Waals surface area contributed by atoms with Crippen molar-refractivity contribution in [2.75, 3.05) is 11.4 Å². The van der Waals surface area contributed by atoms with Gasteiger partial charge in [-0.15, -0.1) is 0 Å². The fraction of sp³-hybridized carbons (Fsp3) is 0.419. The predicted molar refractivity (Wildman–Crippen MR) is 159 cm³/mol. The molecule has 1 unspecified atom stereocenters. The van der Waals surface area contributed by atoms with Gasteiger partial charge in [-0.25, -0.2) is 18.2 Å². The number of nitrogens with two attached hydrogens (primary N) is 1. The van der Waals surface area contributed by atoms with Gasteiger partial charge in [-0.05, 0) is 80.8 Å². The molecule has 0 spiro atoms. The third-order valence-electron chi connectivity index (χ3n) is 7.80. The Labute approximate surface area is 246 Å². The average Bonchev–Trinajstić information content (AvgIpc) is 2.91. The third-order valence-corrected chi connectivity index (χ3v) is 9.97. The Balaban J connectivity index is 1.80. The van der Waals surface area contributed by atoms with E-state index in [1.54, 1.807) is 20.8 Å². The van der Waals surface area contributed by atoms with Gasteiger partial charge in [-0.3, -0.25) is 14.7 Å². The van der Waals surface area contributed by atoms with Gasteiger partial charge in [0.15, 0.2) is 4.87 Å². The van der Waals surface area contributed by atoms with E-state index in [0.717, 1.165) is 24.2 Å². The quantitative estimate of drug-likeness (QED) is 0.331. The molecule has 3 N–H and O–H groups in total. The van der Waals surface area contributed by atoms with Crippen LogP contribution in [0.5, 0.6) is 0 Å². The highest BCUT2D eigenvalue weighted by atomic mass is 32.2. The van der Waals surface area contributed by atoms with E-state index in [4.69, 9.17) is 10.5 Å². The molecule has 0 aliphatic heterocycles. The van der Waals surface area contributed by atoms with Gasteiger partial charge in [0.25, 0.3) is 0 Å². The first kappa shape index (κ1) is 31.1. The first-order chi connectivity index (χ1) is 19.7. The lowest BCUT2D eigenvalue weighted by atomic mass is 9.63. The number of rotatable bonds is 10. The van der Waals surface area contributed by atoms with Crippen molar-refractivity contribution < 1.29 is 27.9 Å². The van der Waals surface area contributed by atoms with E-state index in [2.05, 4.69) is 16.9 Å². The molecule has 11 heteroatoms. The molecule has 2 heterocycles. The number of sulfone groups is 1. The van der Waals surface area contributed by atoms with Gasteiger partial charge in [-0.2, -0.15) is 0 Å². The van der Waals surface area contributed by atoms with Gasteiger partial charge in [0.1, 0.15) is 18.0 Å². The number of anilines is 1. The lowest BCUT2D eigenvalue weighted by Crippen LogP contribution is -2.48. The molecule has 224 valence electrons. The molecule has 1 amide bonds. The van der Waals surface area contributed by atoms with Crippen LogP contribution in [0.25, 0.3) is 0 Å². The number of pyridine rings is 2. The molecule has 0 bridgehead atoms. The summed E-state index contributed by atoms with van der Waals surface area (Å²) in [6.45, 7) is 6.38.